The predicted molar refractivity (Wildman–Crippen MR) is 484 cm³/mol. The van der Waals surface area contributed by atoms with E-state index in [1.807, 2.05) is 82.7 Å². The Morgan fingerprint density at radius 2 is 1.48 bits per heavy atom. The molecule has 5 fully saturated rings. The van der Waals surface area contributed by atoms with Crippen LogP contribution >= 0.6 is 0 Å². The molecule has 35 nitrogen and oxygen atoms in total. The maximum absolute atomic E-state index is 14.7. The van der Waals surface area contributed by atoms with Gasteiger partial charge in [-0.2, -0.15) is 10.1 Å². The molecule has 6 aliphatic heterocycles. The first-order valence-electron chi connectivity index (χ1n) is 45.8. The number of aromatic nitrogens is 9. The molecule has 130 heavy (non-hydrogen) atoms. The number of rotatable bonds is 20. The Bertz CT molecular complexity index is 5290. The largest absolute Gasteiger partial charge is 0.460 e. The third kappa shape index (κ3) is 23.5. The monoisotopic (exact) mass is 1790 g/mol. The second kappa shape index (κ2) is 43.6. The number of ether oxygens (including phenoxy) is 6. The number of cyclic esters (lactones) is 1. The first-order valence-corrected chi connectivity index (χ1v) is 45.8. The number of fused-ring (bicyclic) bond motifs is 6. The third-order valence-electron chi connectivity index (χ3n) is 26.6. The van der Waals surface area contributed by atoms with Crippen LogP contribution in [0.1, 0.15) is 170 Å². The molecule has 1 aliphatic carbocycles. The highest BCUT2D eigenvalue weighted by molar-refractivity contribution is 6.39. The lowest BCUT2D eigenvalue weighted by molar-refractivity contribution is -0.245. The van der Waals surface area contributed by atoms with Gasteiger partial charge in [-0.1, -0.05) is 82.4 Å². The number of piperidine rings is 1. The van der Waals surface area contributed by atoms with Gasteiger partial charge in [0, 0.05) is 166 Å². The molecule has 4 saturated heterocycles. The molecule has 0 radical (unpaired) electrons. The van der Waals surface area contributed by atoms with E-state index in [9.17, 15) is 48.6 Å². The van der Waals surface area contributed by atoms with Crippen molar-refractivity contribution in [3.8, 4) is 11.3 Å². The standard InChI is InChI=1S/C95H124N18O17/c1-58-15-10-9-11-16-59(2)77(124-7)48-72-17-14-29-95(123,130-72)85(118)89(120)112-30-13-12-18-74(112)90(121)128-78(49-75(114)60(3)44-63(6)83(117)84(125-8)82(116)62(5)43-58)61(4)45-64-20-24-71(25-21-64)127-94(122)102-52-66-50-98-92(99-51-66)110-38-36-108(37-39-110)79(115)28-41-126-42-40-107-32-34-109(35-33-107)93-100-53-70(54-101-93)88(119)111-31-27-67-46-65(19-22-69(67)56-111)55-113-87-80(86(96)103-57-104-87)81(106-113)68-23-26-76-73(47-68)105-91(97)129-76/h9-11,15-16,19,22-23,26,44,46-47,50-51,53-54,57-58,60-62,64,71-72,74,77-78,83-84,117,123H,12-14,17-18,20-21,24-25,27-43,45,48-49,52,55-56H2,1-8H3,(H2,97,105)(H,102,122)(H2,96,103,104)/b11-9+,15-10+,59-16+,63-44+/t58-,60-,61-,62-,64-,71-,72+,74+,77+,78+,83-,84+,95-/m1/s1. The van der Waals surface area contributed by atoms with Crippen molar-refractivity contribution in [3.05, 3.63) is 143 Å². The number of Topliss-reactive ketones (excluding diaryl/α,β-unsaturated/α-hetero) is 3. The number of esters is 1. The van der Waals surface area contributed by atoms with Gasteiger partial charge in [-0.15, -0.1) is 0 Å². The van der Waals surface area contributed by atoms with E-state index < -0.39 is 83.9 Å². The maximum atomic E-state index is 14.7. The molecular weight excluding hydrogens is 1670 g/mol. The van der Waals surface area contributed by atoms with Gasteiger partial charge in [0.25, 0.3) is 23.6 Å². The normalized spacial score (nSPS) is 27.0. The van der Waals surface area contributed by atoms with E-state index in [0.717, 1.165) is 40.9 Å². The van der Waals surface area contributed by atoms with Gasteiger partial charge >= 0.3 is 12.1 Å². The summed E-state index contributed by atoms with van der Waals surface area (Å²) in [6.07, 6.45) is 20.1. The first kappa shape index (κ1) is 94.8. The Labute approximate surface area is 757 Å². The first-order chi connectivity index (χ1) is 62.7. The summed E-state index contributed by atoms with van der Waals surface area (Å²) in [5.41, 5.74) is 21.0. The fourth-order valence-electron chi connectivity index (χ4n) is 18.9. The molecule has 696 valence electrons. The number of nitrogen functional groups attached to an aromatic ring is 2. The van der Waals surface area contributed by atoms with Crippen molar-refractivity contribution in [1.82, 2.24) is 69.6 Å². The van der Waals surface area contributed by atoms with E-state index in [-0.39, 0.29) is 86.1 Å². The Kier molecular flexibility index (Phi) is 31.8. The predicted octanol–water partition coefficient (Wildman–Crippen LogP) is 9.06. The van der Waals surface area contributed by atoms with E-state index in [1.54, 1.807) is 64.8 Å². The molecule has 14 rings (SSSR count). The van der Waals surface area contributed by atoms with E-state index in [1.165, 1.54) is 18.3 Å². The van der Waals surface area contributed by atoms with Gasteiger partial charge in [0.05, 0.1) is 49.3 Å². The summed E-state index contributed by atoms with van der Waals surface area (Å²) in [6, 6.07) is 10.7. The Morgan fingerprint density at radius 3 is 2.22 bits per heavy atom. The number of carbonyl (C=O) groups excluding carboxylic acids is 8. The van der Waals surface area contributed by atoms with Gasteiger partial charge in [-0.05, 0) is 155 Å². The van der Waals surface area contributed by atoms with Crippen LogP contribution in [0, 0.1) is 29.6 Å². The second-order valence-corrected chi connectivity index (χ2v) is 36.0. The number of allylic oxidation sites excluding steroid dienone is 6. The van der Waals surface area contributed by atoms with Crippen LogP contribution in [0.15, 0.2) is 120 Å². The number of hydrogen-bond acceptors (Lipinski definition) is 30. The molecule has 4 amide bonds. The van der Waals surface area contributed by atoms with Crippen LogP contribution in [0.3, 0.4) is 0 Å². The number of oxazole rings is 1. The van der Waals surface area contributed by atoms with Crippen molar-refractivity contribution in [1.29, 1.82) is 0 Å². The second-order valence-electron chi connectivity index (χ2n) is 36.0. The van der Waals surface area contributed by atoms with Crippen molar-refractivity contribution < 1.29 is 81.4 Å². The van der Waals surface area contributed by atoms with Crippen molar-refractivity contribution in [2.45, 2.75) is 212 Å². The number of anilines is 4. The number of nitrogens with two attached hydrogens (primary N) is 2. The van der Waals surface area contributed by atoms with E-state index in [0.29, 0.717) is 218 Å². The van der Waals surface area contributed by atoms with Gasteiger partial charge < -0.3 is 84.3 Å². The summed E-state index contributed by atoms with van der Waals surface area (Å²) in [6.45, 7) is 19.1. The number of hydrogen-bond donors (Lipinski definition) is 5. The number of carbonyl (C=O) groups is 8. The summed E-state index contributed by atoms with van der Waals surface area (Å²) in [5, 5.41) is 32.0. The molecule has 0 unspecified atom stereocenters. The summed E-state index contributed by atoms with van der Waals surface area (Å²) in [7, 11) is 2.94. The summed E-state index contributed by atoms with van der Waals surface area (Å²) >= 11 is 0. The fraction of sp³-hybridized carbons (Fsp3) is 0.558. The Hall–Kier alpha value is -11.3. The van der Waals surface area contributed by atoms with Crippen LogP contribution in [-0.4, -0.2) is 269 Å². The maximum Gasteiger partial charge on any atom is 0.407 e. The van der Waals surface area contributed by atoms with Gasteiger partial charge in [-0.25, -0.2) is 44.2 Å². The lowest BCUT2D eigenvalue weighted by atomic mass is 9.79. The van der Waals surface area contributed by atoms with Gasteiger partial charge in [0.15, 0.2) is 17.0 Å². The third-order valence-corrected chi connectivity index (χ3v) is 26.6. The lowest BCUT2D eigenvalue weighted by Gasteiger charge is -2.40. The van der Waals surface area contributed by atoms with Gasteiger partial charge in [-0.3, -0.25) is 33.7 Å². The molecule has 2 aromatic carbocycles. The summed E-state index contributed by atoms with van der Waals surface area (Å²) in [5.74, 6) is -6.30. The fourth-order valence-corrected chi connectivity index (χ4v) is 18.9. The molecule has 35 heteroatoms. The molecular formula is C95H124N18O17. The molecule has 0 spiro atoms. The van der Waals surface area contributed by atoms with Crippen molar-refractivity contribution in [3.63, 3.8) is 0 Å². The number of benzene rings is 2. The Balaban J connectivity index is 0.487. The molecule has 1 saturated carbocycles. The molecule has 7 N–H and O–H groups in total. The van der Waals surface area contributed by atoms with Crippen LogP contribution in [-0.2, 0) is 83.2 Å². The molecule has 7 aliphatic rings. The van der Waals surface area contributed by atoms with Crippen molar-refractivity contribution in [2.75, 3.05) is 121 Å². The van der Waals surface area contributed by atoms with Crippen molar-refractivity contribution in [2.24, 2.45) is 29.6 Å². The Morgan fingerprint density at radius 1 is 0.746 bits per heavy atom. The average Bonchev–Trinajstić information content (AvgIpc) is 1.58. The summed E-state index contributed by atoms with van der Waals surface area (Å²) < 4.78 is 43.2. The quantitative estimate of drug-likeness (QED) is 0.0205. The number of ketones is 3. The van der Waals surface area contributed by atoms with Crippen LogP contribution in [0.4, 0.5) is 28.5 Å². The van der Waals surface area contributed by atoms with Crippen LogP contribution in [0.5, 0.6) is 0 Å². The zero-order chi connectivity index (χ0) is 91.9. The van der Waals surface area contributed by atoms with E-state index in [4.69, 9.17) is 49.4 Å². The number of piperazine rings is 2. The number of aliphatic hydroxyl groups excluding tert-OH is 1. The number of alkyl carbamates (subject to hydrolysis) is 1. The minimum Gasteiger partial charge on any atom is -0.460 e. The van der Waals surface area contributed by atoms with E-state index in [2.05, 4.69) is 68.2 Å². The smallest absolute Gasteiger partial charge is 0.407 e. The highest BCUT2D eigenvalue weighted by Gasteiger charge is 2.50. The zero-order valence-corrected chi connectivity index (χ0v) is 75.8. The molecule has 7 aromatic rings. The minimum absolute atomic E-state index is 0.0148. The zero-order valence-electron chi connectivity index (χ0n) is 75.8. The minimum atomic E-state index is -2.44. The number of amides is 4. The molecule has 11 atom stereocenters. The average molecular weight is 1790 g/mol. The van der Waals surface area contributed by atoms with E-state index >= 15 is 0 Å². The SMILES string of the molecule is CO[C@H]1C[C@@H]2CCC[C@@](O)(O2)C(=O)C(=O)N2CCCC[C@H]2C(=O)O[C@H]([C@H](C)C[C@H]2CC[C@H](OC(=O)NCc3cnc(N4CCN(C(=O)CCOCCN5CCN(c6ncc(C(=O)N7CCc8cc(Cn9nc(-c%10ccc%11oc(N)nc%11c%10)c%10c(N)ncnc%109)ccc8C7)cn6)CC5)CC4)nc3)CC2)CC(=O)[C@H](C)/C=C(\C)[C@@H](O)[C@@H](OC)C(=O)[C@H](C)C[C@H](C)/C=C/C=C/C=C/1C. The van der Waals surface area contributed by atoms with Crippen LogP contribution in [0.2, 0.25) is 0 Å². The topological polar surface area (TPSA) is 437 Å². The van der Waals surface area contributed by atoms with Crippen LogP contribution < -0.4 is 26.6 Å². The van der Waals surface area contributed by atoms with Crippen LogP contribution in [0.25, 0.3) is 33.4 Å². The number of aliphatic hydroxyl groups is 2. The number of methoxy groups -OCH3 is 2. The molecule has 11 heterocycles. The highest BCUT2D eigenvalue weighted by atomic mass is 16.6. The molecule has 2 bridgehead atoms. The van der Waals surface area contributed by atoms with Gasteiger partial charge in [0.2, 0.25) is 23.6 Å². The summed E-state index contributed by atoms with van der Waals surface area (Å²) in [4.78, 5) is 155. The number of nitrogens with zero attached hydrogens (tertiary/aromatic N) is 15. The lowest BCUT2D eigenvalue weighted by Crippen LogP contribution is -2.58. The van der Waals surface area contributed by atoms with Crippen molar-refractivity contribution >= 4 is 93.0 Å². The molecule has 5 aromatic heterocycles. The van der Waals surface area contributed by atoms with Gasteiger partial charge in [0.1, 0.15) is 59.6 Å². The highest BCUT2D eigenvalue weighted by Crippen LogP contribution is 2.39. The number of nitrogens with one attached hydrogen (secondary N) is 1.